The Morgan fingerprint density at radius 3 is 2.90 bits per heavy atom. The van der Waals surface area contributed by atoms with E-state index in [1.165, 1.54) is 6.07 Å². The Labute approximate surface area is 170 Å². The van der Waals surface area contributed by atoms with Gasteiger partial charge in [0.1, 0.15) is 11.3 Å². The number of amides is 1. The predicted molar refractivity (Wildman–Crippen MR) is 110 cm³/mol. The maximum absolute atomic E-state index is 13.0. The van der Waals surface area contributed by atoms with Crippen LogP contribution in [0.1, 0.15) is 50.2 Å². The number of piperidine rings is 1. The second-order valence-electron chi connectivity index (χ2n) is 8.65. The number of ether oxygens (including phenoxy) is 1. The molecule has 1 aromatic heterocycles. The number of likely N-dealkylation sites (tertiary alicyclic amines) is 1. The van der Waals surface area contributed by atoms with Crippen molar-refractivity contribution in [2.45, 2.75) is 64.6 Å². The van der Waals surface area contributed by atoms with Crippen LogP contribution in [0, 0.1) is 19.8 Å². The smallest absolute Gasteiger partial charge is 0.336 e. The van der Waals surface area contributed by atoms with E-state index in [2.05, 4.69) is 0 Å². The molecule has 0 radical (unpaired) electrons. The van der Waals surface area contributed by atoms with Gasteiger partial charge in [-0.15, -0.1) is 0 Å². The minimum atomic E-state index is -0.655. The standard InChI is InChI=1S/C23H29NO5/c1-14-12-20(25)29-21-15(2)19(8-7-18(14)21)28-16(3)22(26)24-11-10-23(27)9-5-4-6-17(23)13-24/h7-8,12,16-17,27H,4-6,9-11,13H2,1-3H3/t16-,17+,23+/m0/s1. The van der Waals surface area contributed by atoms with Crippen molar-refractivity contribution in [3.63, 3.8) is 0 Å². The van der Waals surface area contributed by atoms with Crippen LogP contribution >= 0.6 is 0 Å². The van der Waals surface area contributed by atoms with Gasteiger partial charge in [0, 0.05) is 36.0 Å². The predicted octanol–water partition coefficient (Wildman–Crippen LogP) is 3.33. The first-order chi connectivity index (χ1) is 13.8. The third kappa shape index (κ3) is 3.66. The highest BCUT2D eigenvalue weighted by atomic mass is 16.5. The molecule has 156 valence electrons. The molecule has 0 bridgehead atoms. The van der Waals surface area contributed by atoms with E-state index in [9.17, 15) is 14.7 Å². The molecule has 6 nitrogen and oxygen atoms in total. The van der Waals surface area contributed by atoms with E-state index >= 15 is 0 Å². The van der Waals surface area contributed by atoms with Crippen molar-refractivity contribution in [2.75, 3.05) is 13.1 Å². The molecule has 2 heterocycles. The zero-order valence-corrected chi connectivity index (χ0v) is 17.4. The summed E-state index contributed by atoms with van der Waals surface area (Å²) in [7, 11) is 0. The minimum Gasteiger partial charge on any atom is -0.480 e. The summed E-state index contributed by atoms with van der Waals surface area (Å²) in [5.74, 6) is 0.627. The number of hydrogen-bond acceptors (Lipinski definition) is 5. The molecule has 29 heavy (non-hydrogen) atoms. The van der Waals surface area contributed by atoms with Gasteiger partial charge in [-0.1, -0.05) is 12.8 Å². The van der Waals surface area contributed by atoms with E-state index in [0.29, 0.717) is 36.4 Å². The lowest BCUT2D eigenvalue weighted by Gasteiger charge is -2.47. The number of rotatable bonds is 3. The van der Waals surface area contributed by atoms with Gasteiger partial charge in [-0.2, -0.15) is 0 Å². The summed E-state index contributed by atoms with van der Waals surface area (Å²) in [6.07, 6.45) is 3.97. The highest BCUT2D eigenvalue weighted by Gasteiger charge is 2.44. The van der Waals surface area contributed by atoms with Gasteiger partial charge in [-0.3, -0.25) is 4.79 Å². The van der Waals surface area contributed by atoms with E-state index in [1.807, 2.05) is 30.9 Å². The molecule has 2 aliphatic rings. The molecule has 2 fully saturated rings. The molecular formula is C23H29NO5. The molecule has 1 aliphatic heterocycles. The Hall–Kier alpha value is -2.34. The quantitative estimate of drug-likeness (QED) is 0.801. The van der Waals surface area contributed by atoms with Crippen LogP contribution in [-0.2, 0) is 4.79 Å². The largest absolute Gasteiger partial charge is 0.480 e. The summed E-state index contributed by atoms with van der Waals surface area (Å²) >= 11 is 0. The van der Waals surface area contributed by atoms with Crippen molar-refractivity contribution in [1.82, 2.24) is 4.90 Å². The lowest BCUT2D eigenvalue weighted by molar-refractivity contribution is -0.149. The Morgan fingerprint density at radius 1 is 1.31 bits per heavy atom. The maximum Gasteiger partial charge on any atom is 0.336 e. The van der Waals surface area contributed by atoms with E-state index in [0.717, 1.165) is 36.6 Å². The number of benzene rings is 1. The number of carbonyl (C=O) groups excluding carboxylic acids is 1. The number of nitrogens with zero attached hydrogens (tertiary/aromatic N) is 1. The van der Waals surface area contributed by atoms with E-state index in [1.54, 1.807) is 6.92 Å². The van der Waals surface area contributed by atoms with E-state index in [4.69, 9.17) is 9.15 Å². The number of aliphatic hydroxyl groups is 1. The summed E-state index contributed by atoms with van der Waals surface area (Å²) in [5.41, 5.74) is 1.06. The minimum absolute atomic E-state index is 0.0668. The first-order valence-corrected chi connectivity index (χ1v) is 10.5. The fourth-order valence-corrected chi connectivity index (χ4v) is 4.90. The average molecular weight is 399 g/mol. The molecule has 1 amide bonds. The highest BCUT2D eigenvalue weighted by Crippen LogP contribution is 2.40. The fraction of sp³-hybridized carbons (Fsp3) is 0.565. The third-order valence-corrected chi connectivity index (χ3v) is 6.71. The van der Waals surface area contributed by atoms with Crippen molar-refractivity contribution in [2.24, 2.45) is 5.92 Å². The Morgan fingerprint density at radius 2 is 2.10 bits per heavy atom. The molecule has 4 rings (SSSR count). The second kappa shape index (κ2) is 7.48. The van der Waals surface area contributed by atoms with Crippen molar-refractivity contribution >= 4 is 16.9 Å². The van der Waals surface area contributed by atoms with E-state index < -0.39 is 17.3 Å². The summed E-state index contributed by atoms with van der Waals surface area (Å²) in [6, 6.07) is 5.15. The number of fused-ring (bicyclic) bond motifs is 2. The monoisotopic (exact) mass is 399 g/mol. The van der Waals surface area contributed by atoms with Crippen LogP contribution < -0.4 is 10.4 Å². The SMILES string of the molecule is Cc1cc(=O)oc2c(C)c(O[C@@H](C)C(=O)N3CC[C@]4(O)CCCC[C@@H]4C3)ccc12. The van der Waals surface area contributed by atoms with Crippen LogP contribution in [0.15, 0.2) is 27.4 Å². The maximum atomic E-state index is 13.0. The number of hydrogen-bond donors (Lipinski definition) is 1. The molecule has 1 saturated carbocycles. The summed E-state index contributed by atoms with van der Waals surface area (Å²) in [5, 5.41) is 11.7. The second-order valence-corrected chi connectivity index (χ2v) is 8.65. The lowest BCUT2D eigenvalue weighted by Crippen LogP contribution is -2.56. The first kappa shape index (κ1) is 20.0. The zero-order chi connectivity index (χ0) is 20.8. The third-order valence-electron chi connectivity index (χ3n) is 6.71. The average Bonchev–Trinajstić information content (AvgIpc) is 2.69. The van der Waals surface area contributed by atoms with Gasteiger partial charge in [0.2, 0.25) is 0 Å². The Balaban J connectivity index is 1.51. The molecule has 1 saturated heterocycles. The van der Waals surface area contributed by atoms with Crippen molar-refractivity contribution < 1.29 is 19.1 Å². The lowest BCUT2D eigenvalue weighted by atomic mass is 9.71. The molecule has 2 aromatic rings. The van der Waals surface area contributed by atoms with Crippen molar-refractivity contribution in [3.8, 4) is 5.75 Å². The van der Waals surface area contributed by atoms with Crippen LogP contribution in [0.3, 0.4) is 0 Å². The summed E-state index contributed by atoms with van der Waals surface area (Å²) < 4.78 is 11.4. The molecule has 1 aliphatic carbocycles. The van der Waals surface area contributed by atoms with Gasteiger partial charge in [0.15, 0.2) is 6.10 Å². The van der Waals surface area contributed by atoms with Gasteiger partial charge in [-0.25, -0.2) is 4.79 Å². The molecule has 0 spiro atoms. The van der Waals surface area contributed by atoms with Crippen LogP contribution in [0.4, 0.5) is 0 Å². The molecule has 3 atom stereocenters. The van der Waals surface area contributed by atoms with Crippen molar-refractivity contribution in [1.29, 1.82) is 0 Å². The topological polar surface area (TPSA) is 80.0 Å². The van der Waals surface area contributed by atoms with Crippen LogP contribution in [0.5, 0.6) is 5.75 Å². The van der Waals surface area contributed by atoms with Gasteiger partial charge in [-0.05, 0) is 57.7 Å². The van der Waals surface area contributed by atoms with Crippen LogP contribution in [0.25, 0.3) is 11.0 Å². The normalized spacial score (nSPS) is 25.5. The number of carbonyl (C=O) groups is 1. The Bertz CT molecular complexity index is 997. The van der Waals surface area contributed by atoms with Crippen molar-refractivity contribution in [3.05, 3.63) is 39.7 Å². The molecule has 6 heteroatoms. The molecule has 1 aromatic carbocycles. The van der Waals surface area contributed by atoms with E-state index in [-0.39, 0.29) is 11.8 Å². The molecule has 0 unspecified atom stereocenters. The highest BCUT2D eigenvalue weighted by molar-refractivity contribution is 5.85. The summed E-state index contributed by atoms with van der Waals surface area (Å²) in [4.78, 5) is 26.6. The van der Waals surface area contributed by atoms with Gasteiger partial charge in [0.05, 0.1) is 5.60 Å². The van der Waals surface area contributed by atoms with Gasteiger partial charge in [0.25, 0.3) is 5.91 Å². The van der Waals surface area contributed by atoms with Gasteiger partial charge < -0.3 is 19.2 Å². The van der Waals surface area contributed by atoms with Gasteiger partial charge >= 0.3 is 5.63 Å². The molecule has 1 N–H and O–H groups in total. The van der Waals surface area contributed by atoms with Crippen LogP contribution in [0.2, 0.25) is 0 Å². The zero-order valence-electron chi connectivity index (χ0n) is 17.4. The molecular weight excluding hydrogens is 370 g/mol. The number of aryl methyl sites for hydroxylation is 2. The Kier molecular flexibility index (Phi) is 5.15. The fourth-order valence-electron chi connectivity index (χ4n) is 4.90. The first-order valence-electron chi connectivity index (χ1n) is 10.5. The summed E-state index contributed by atoms with van der Waals surface area (Å²) in [6.45, 7) is 6.60. The van der Waals surface area contributed by atoms with Crippen LogP contribution in [-0.4, -0.2) is 40.7 Å².